The van der Waals surface area contributed by atoms with Crippen molar-refractivity contribution >= 4 is 11.9 Å². The van der Waals surface area contributed by atoms with Crippen molar-refractivity contribution in [1.82, 2.24) is 0 Å². The average Bonchev–Trinajstić information content (AvgIpc) is 2.65. The monoisotopic (exact) mass is 390 g/mol. The van der Waals surface area contributed by atoms with E-state index in [0.717, 1.165) is 38.5 Å². The van der Waals surface area contributed by atoms with Gasteiger partial charge in [0.1, 0.15) is 0 Å². The number of hydrogen-bond acceptors (Lipinski definition) is 4. The number of benzene rings is 1. The molecule has 0 bridgehead atoms. The van der Waals surface area contributed by atoms with Crippen molar-refractivity contribution < 1.29 is 19.1 Å². The molecular formula is C24H38O4. The zero-order valence-corrected chi connectivity index (χ0v) is 18.0. The number of para-hydroxylation sites is 2. The fourth-order valence-corrected chi connectivity index (χ4v) is 3.01. The van der Waals surface area contributed by atoms with Crippen molar-refractivity contribution in [2.75, 3.05) is 0 Å². The first-order valence-corrected chi connectivity index (χ1v) is 11.0. The highest BCUT2D eigenvalue weighted by Crippen LogP contribution is 2.27. The van der Waals surface area contributed by atoms with Crippen LogP contribution in [0.25, 0.3) is 0 Å². The van der Waals surface area contributed by atoms with E-state index in [-0.39, 0.29) is 11.9 Å². The van der Waals surface area contributed by atoms with Gasteiger partial charge >= 0.3 is 11.9 Å². The quantitative estimate of drug-likeness (QED) is 0.187. The summed E-state index contributed by atoms with van der Waals surface area (Å²) >= 11 is 0. The number of hydrogen-bond donors (Lipinski definition) is 0. The van der Waals surface area contributed by atoms with Gasteiger partial charge in [-0.15, -0.1) is 0 Å². The van der Waals surface area contributed by atoms with Crippen LogP contribution in [0, 0.1) is 5.92 Å². The lowest BCUT2D eigenvalue weighted by Crippen LogP contribution is -2.12. The number of esters is 2. The minimum Gasteiger partial charge on any atom is -0.423 e. The third-order valence-corrected chi connectivity index (χ3v) is 4.69. The highest BCUT2D eigenvalue weighted by molar-refractivity contribution is 5.76. The van der Waals surface area contributed by atoms with Crippen molar-refractivity contribution in [3.8, 4) is 11.5 Å². The molecule has 0 saturated carbocycles. The van der Waals surface area contributed by atoms with E-state index in [1.165, 1.54) is 25.7 Å². The van der Waals surface area contributed by atoms with Crippen molar-refractivity contribution in [2.24, 2.45) is 5.92 Å². The van der Waals surface area contributed by atoms with Gasteiger partial charge in [0.15, 0.2) is 11.5 Å². The molecule has 0 saturated heterocycles. The molecule has 0 aliphatic heterocycles. The second-order valence-electron chi connectivity index (χ2n) is 7.91. The number of carbonyl (C=O) groups excluding carboxylic acids is 2. The SMILES string of the molecule is CCCCCCCCC(=O)Oc1ccccc1OC(=O)CCCCCC(C)C. The van der Waals surface area contributed by atoms with E-state index in [0.29, 0.717) is 30.3 Å². The van der Waals surface area contributed by atoms with Gasteiger partial charge in [-0.1, -0.05) is 84.3 Å². The number of carbonyl (C=O) groups is 2. The van der Waals surface area contributed by atoms with Crippen LogP contribution < -0.4 is 9.47 Å². The van der Waals surface area contributed by atoms with Crippen LogP contribution >= 0.6 is 0 Å². The maximum Gasteiger partial charge on any atom is 0.311 e. The lowest BCUT2D eigenvalue weighted by molar-refractivity contribution is -0.137. The number of unbranched alkanes of at least 4 members (excludes halogenated alkanes) is 7. The summed E-state index contributed by atoms with van der Waals surface area (Å²) in [5.41, 5.74) is 0. The van der Waals surface area contributed by atoms with E-state index in [2.05, 4.69) is 20.8 Å². The van der Waals surface area contributed by atoms with Crippen LogP contribution in [0.1, 0.15) is 97.8 Å². The summed E-state index contributed by atoms with van der Waals surface area (Å²) in [6.45, 7) is 6.60. The van der Waals surface area contributed by atoms with Gasteiger partial charge in [-0.25, -0.2) is 0 Å². The van der Waals surface area contributed by atoms with E-state index in [1.54, 1.807) is 24.3 Å². The van der Waals surface area contributed by atoms with Crippen LogP contribution in [-0.4, -0.2) is 11.9 Å². The van der Waals surface area contributed by atoms with E-state index >= 15 is 0 Å². The van der Waals surface area contributed by atoms with Crippen LogP contribution in [-0.2, 0) is 9.59 Å². The van der Waals surface area contributed by atoms with E-state index in [1.807, 2.05) is 0 Å². The zero-order valence-electron chi connectivity index (χ0n) is 18.0. The van der Waals surface area contributed by atoms with Crippen LogP contribution in [0.3, 0.4) is 0 Å². The van der Waals surface area contributed by atoms with Crippen LogP contribution in [0.2, 0.25) is 0 Å². The molecular weight excluding hydrogens is 352 g/mol. The number of ether oxygens (including phenoxy) is 2. The van der Waals surface area contributed by atoms with E-state index in [4.69, 9.17) is 9.47 Å². The Labute approximate surface area is 171 Å². The molecule has 0 N–H and O–H groups in total. The molecule has 0 spiro atoms. The minimum absolute atomic E-state index is 0.271. The molecule has 0 amide bonds. The lowest BCUT2D eigenvalue weighted by Gasteiger charge is -2.10. The molecule has 1 aromatic carbocycles. The Hall–Kier alpha value is -1.84. The highest BCUT2D eigenvalue weighted by Gasteiger charge is 2.13. The van der Waals surface area contributed by atoms with Gasteiger partial charge in [0, 0.05) is 12.8 Å². The summed E-state index contributed by atoms with van der Waals surface area (Å²) in [7, 11) is 0. The predicted molar refractivity (Wildman–Crippen MR) is 114 cm³/mol. The summed E-state index contributed by atoms with van der Waals surface area (Å²) in [6.07, 6.45) is 11.7. The molecule has 0 radical (unpaired) electrons. The van der Waals surface area contributed by atoms with Crippen LogP contribution in [0.4, 0.5) is 0 Å². The Morgan fingerprint density at radius 3 is 1.71 bits per heavy atom. The lowest BCUT2D eigenvalue weighted by atomic mass is 10.0. The third kappa shape index (κ3) is 11.8. The molecule has 158 valence electrons. The summed E-state index contributed by atoms with van der Waals surface area (Å²) in [4.78, 5) is 24.2. The van der Waals surface area contributed by atoms with Gasteiger partial charge in [0.2, 0.25) is 0 Å². The van der Waals surface area contributed by atoms with Gasteiger partial charge in [-0.05, 0) is 30.9 Å². The summed E-state index contributed by atoms with van der Waals surface area (Å²) < 4.78 is 10.9. The molecule has 0 atom stereocenters. The Morgan fingerprint density at radius 2 is 1.21 bits per heavy atom. The summed E-state index contributed by atoms with van der Waals surface area (Å²) in [5, 5.41) is 0. The molecule has 0 unspecified atom stereocenters. The van der Waals surface area contributed by atoms with Crippen molar-refractivity contribution in [3.05, 3.63) is 24.3 Å². The smallest absolute Gasteiger partial charge is 0.311 e. The van der Waals surface area contributed by atoms with E-state index < -0.39 is 0 Å². The Balaban J connectivity index is 2.34. The van der Waals surface area contributed by atoms with Crippen LogP contribution in [0.15, 0.2) is 24.3 Å². The molecule has 1 rings (SSSR count). The van der Waals surface area contributed by atoms with Gasteiger partial charge in [0.05, 0.1) is 0 Å². The Morgan fingerprint density at radius 1 is 0.750 bits per heavy atom. The second-order valence-corrected chi connectivity index (χ2v) is 7.91. The van der Waals surface area contributed by atoms with Crippen molar-refractivity contribution in [2.45, 2.75) is 97.8 Å². The van der Waals surface area contributed by atoms with Crippen molar-refractivity contribution in [3.63, 3.8) is 0 Å². The average molecular weight is 391 g/mol. The molecule has 4 nitrogen and oxygen atoms in total. The standard InChI is InChI=1S/C24H38O4/c1-4-5-6-7-8-11-18-23(25)27-21-16-13-14-17-22(21)28-24(26)19-12-9-10-15-20(2)3/h13-14,16-17,20H,4-12,15,18-19H2,1-3H3. The van der Waals surface area contributed by atoms with Gasteiger partial charge in [0.25, 0.3) is 0 Å². The molecule has 0 heterocycles. The van der Waals surface area contributed by atoms with Crippen molar-refractivity contribution in [1.29, 1.82) is 0 Å². The maximum absolute atomic E-state index is 12.1. The Kier molecular flexibility index (Phi) is 13.1. The van der Waals surface area contributed by atoms with Crippen LogP contribution in [0.5, 0.6) is 11.5 Å². The Bertz CT molecular complexity index is 565. The molecule has 1 aromatic rings. The minimum atomic E-state index is -0.274. The van der Waals surface area contributed by atoms with E-state index in [9.17, 15) is 9.59 Å². The molecule has 0 aliphatic rings. The fraction of sp³-hybridized carbons (Fsp3) is 0.667. The third-order valence-electron chi connectivity index (χ3n) is 4.69. The molecule has 0 fully saturated rings. The number of rotatable bonds is 15. The molecule has 0 aliphatic carbocycles. The molecule has 0 aromatic heterocycles. The highest BCUT2D eigenvalue weighted by atomic mass is 16.6. The van der Waals surface area contributed by atoms with Gasteiger partial charge < -0.3 is 9.47 Å². The normalized spacial score (nSPS) is 10.9. The second kappa shape index (κ2) is 15.1. The van der Waals surface area contributed by atoms with Gasteiger partial charge in [-0.3, -0.25) is 9.59 Å². The van der Waals surface area contributed by atoms with Gasteiger partial charge in [-0.2, -0.15) is 0 Å². The largest absolute Gasteiger partial charge is 0.423 e. The first-order valence-electron chi connectivity index (χ1n) is 11.0. The first kappa shape index (κ1) is 24.2. The predicted octanol–water partition coefficient (Wildman–Crippen LogP) is 6.85. The molecule has 28 heavy (non-hydrogen) atoms. The zero-order chi connectivity index (χ0) is 20.6. The summed E-state index contributed by atoms with van der Waals surface area (Å²) in [6, 6.07) is 6.89. The summed E-state index contributed by atoms with van der Waals surface area (Å²) in [5.74, 6) is 0.805. The first-order chi connectivity index (χ1) is 13.5. The topological polar surface area (TPSA) is 52.6 Å². The molecule has 4 heteroatoms. The maximum atomic E-state index is 12.1. The fourth-order valence-electron chi connectivity index (χ4n) is 3.01.